The lowest BCUT2D eigenvalue weighted by Gasteiger charge is -2.16. The number of ether oxygens (including phenoxy) is 1. The summed E-state index contributed by atoms with van der Waals surface area (Å²) in [5, 5.41) is 6.64. The summed E-state index contributed by atoms with van der Waals surface area (Å²) in [5.41, 5.74) is 1.02. The van der Waals surface area contributed by atoms with Crippen LogP contribution in [-0.2, 0) is 11.3 Å². The maximum Gasteiger partial charge on any atom is 0.222 e. The van der Waals surface area contributed by atoms with Crippen LogP contribution < -0.4 is 15.4 Å². The van der Waals surface area contributed by atoms with Crippen LogP contribution in [0.15, 0.2) is 59.6 Å². The van der Waals surface area contributed by atoms with E-state index in [4.69, 9.17) is 9.73 Å². The van der Waals surface area contributed by atoms with Crippen molar-refractivity contribution in [2.24, 2.45) is 4.99 Å². The molecule has 0 aromatic heterocycles. The topological polar surface area (TPSA) is 66.0 Å². The highest BCUT2D eigenvalue weighted by atomic mass is 16.5. The number of nitrogens with zero attached hydrogens (tertiary/aromatic N) is 2. The summed E-state index contributed by atoms with van der Waals surface area (Å²) in [6, 6.07) is 17.7. The van der Waals surface area contributed by atoms with Gasteiger partial charge in [0, 0.05) is 38.2 Å². The molecule has 154 valence electrons. The van der Waals surface area contributed by atoms with Gasteiger partial charge in [-0.3, -0.25) is 4.79 Å². The molecule has 0 radical (unpaired) electrons. The number of nitrogens with one attached hydrogen (secondary N) is 2. The number of amides is 1. The Hall–Kier alpha value is -3.02. The van der Waals surface area contributed by atoms with Crippen LogP contribution in [0.25, 0.3) is 0 Å². The number of likely N-dealkylation sites (tertiary alicyclic amines) is 1. The number of benzene rings is 2. The molecule has 0 spiro atoms. The zero-order valence-corrected chi connectivity index (χ0v) is 17.1. The highest BCUT2D eigenvalue weighted by Crippen LogP contribution is 2.25. The minimum absolute atomic E-state index is 0.278. The van der Waals surface area contributed by atoms with E-state index in [0.29, 0.717) is 13.0 Å². The van der Waals surface area contributed by atoms with Crippen molar-refractivity contribution in [2.45, 2.75) is 32.7 Å². The first kappa shape index (κ1) is 20.7. The summed E-state index contributed by atoms with van der Waals surface area (Å²) in [5.74, 6) is 2.67. The Morgan fingerprint density at radius 2 is 1.90 bits per heavy atom. The standard InChI is InChI=1S/C23H30N4O2/c1-2-24-23(25-15-9-17-27-16-8-14-22(27)28)26-18-19-10-6-7-13-21(19)29-20-11-4-3-5-12-20/h3-7,10-13H,2,8-9,14-18H2,1H3,(H2,24,25,26). The molecule has 1 amide bonds. The van der Waals surface area contributed by atoms with Crippen LogP contribution in [0.2, 0.25) is 0 Å². The Labute approximate surface area is 173 Å². The van der Waals surface area contributed by atoms with E-state index in [9.17, 15) is 4.79 Å². The smallest absolute Gasteiger partial charge is 0.222 e. The van der Waals surface area contributed by atoms with Crippen LogP contribution in [0.4, 0.5) is 0 Å². The molecular formula is C23H30N4O2. The Bertz CT molecular complexity index is 808. The lowest BCUT2D eigenvalue weighted by Crippen LogP contribution is -2.39. The Kier molecular flexibility index (Phi) is 7.92. The van der Waals surface area contributed by atoms with Crippen molar-refractivity contribution in [1.29, 1.82) is 0 Å². The van der Waals surface area contributed by atoms with Gasteiger partial charge in [0.05, 0.1) is 6.54 Å². The summed E-state index contributed by atoms with van der Waals surface area (Å²) in [6.45, 7) is 5.83. The van der Waals surface area contributed by atoms with E-state index >= 15 is 0 Å². The van der Waals surface area contributed by atoms with E-state index in [2.05, 4.69) is 10.6 Å². The summed E-state index contributed by atoms with van der Waals surface area (Å²) in [7, 11) is 0. The van der Waals surface area contributed by atoms with Gasteiger partial charge in [-0.2, -0.15) is 0 Å². The van der Waals surface area contributed by atoms with Crippen molar-refractivity contribution >= 4 is 11.9 Å². The molecule has 1 aliphatic rings. The van der Waals surface area contributed by atoms with Gasteiger partial charge < -0.3 is 20.3 Å². The number of hydrogen-bond acceptors (Lipinski definition) is 3. The zero-order valence-electron chi connectivity index (χ0n) is 17.1. The predicted molar refractivity (Wildman–Crippen MR) is 116 cm³/mol. The molecule has 0 unspecified atom stereocenters. The van der Waals surface area contributed by atoms with Crippen molar-refractivity contribution in [3.8, 4) is 11.5 Å². The molecule has 1 fully saturated rings. The van der Waals surface area contributed by atoms with Gasteiger partial charge in [-0.1, -0.05) is 36.4 Å². The molecule has 1 saturated heterocycles. The first-order chi connectivity index (χ1) is 14.3. The molecule has 3 rings (SSSR count). The van der Waals surface area contributed by atoms with Crippen molar-refractivity contribution in [1.82, 2.24) is 15.5 Å². The number of rotatable bonds is 9. The molecule has 1 heterocycles. The van der Waals surface area contributed by atoms with Crippen LogP contribution >= 0.6 is 0 Å². The van der Waals surface area contributed by atoms with Gasteiger partial charge in [0.1, 0.15) is 11.5 Å². The third kappa shape index (κ3) is 6.52. The first-order valence-electron chi connectivity index (χ1n) is 10.4. The molecule has 0 atom stereocenters. The maximum atomic E-state index is 11.7. The van der Waals surface area contributed by atoms with Crippen molar-refractivity contribution in [3.05, 3.63) is 60.2 Å². The fraction of sp³-hybridized carbons (Fsp3) is 0.391. The van der Waals surface area contributed by atoms with E-state index in [0.717, 1.165) is 62.0 Å². The number of carbonyl (C=O) groups excluding carboxylic acids is 1. The van der Waals surface area contributed by atoms with E-state index in [1.54, 1.807) is 0 Å². The fourth-order valence-corrected chi connectivity index (χ4v) is 3.27. The molecular weight excluding hydrogens is 364 g/mol. The highest BCUT2D eigenvalue weighted by Gasteiger charge is 2.18. The third-order valence-electron chi connectivity index (χ3n) is 4.76. The largest absolute Gasteiger partial charge is 0.457 e. The molecule has 6 nitrogen and oxygen atoms in total. The van der Waals surface area contributed by atoms with Crippen molar-refractivity contribution in [2.75, 3.05) is 26.2 Å². The maximum absolute atomic E-state index is 11.7. The molecule has 6 heteroatoms. The Morgan fingerprint density at radius 3 is 2.66 bits per heavy atom. The molecule has 29 heavy (non-hydrogen) atoms. The van der Waals surface area contributed by atoms with Gasteiger partial charge in [-0.25, -0.2) is 4.99 Å². The summed E-state index contributed by atoms with van der Waals surface area (Å²) < 4.78 is 6.02. The van der Waals surface area contributed by atoms with Crippen molar-refractivity contribution < 1.29 is 9.53 Å². The van der Waals surface area contributed by atoms with Crippen LogP contribution in [-0.4, -0.2) is 42.9 Å². The van der Waals surface area contributed by atoms with Crippen LogP contribution in [0.1, 0.15) is 31.7 Å². The van der Waals surface area contributed by atoms with Crippen LogP contribution in [0, 0.1) is 0 Å². The second-order valence-corrected chi connectivity index (χ2v) is 6.98. The highest BCUT2D eigenvalue weighted by molar-refractivity contribution is 5.80. The van der Waals surface area contributed by atoms with Gasteiger partial charge in [-0.15, -0.1) is 0 Å². The molecule has 2 aromatic rings. The lowest BCUT2D eigenvalue weighted by atomic mass is 10.2. The normalized spacial score (nSPS) is 14.2. The Morgan fingerprint density at radius 1 is 1.10 bits per heavy atom. The molecule has 0 saturated carbocycles. The molecule has 1 aliphatic heterocycles. The third-order valence-corrected chi connectivity index (χ3v) is 4.76. The molecule has 0 bridgehead atoms. The molecule has 0 aliphatic carbocycles. The Balaban J connectivity index is 1.54. The minimum atomic E-state index is 0.278. The molecule has 2 N–H and O–H groups in total. The van der Waals surface area contributed by atoms with E-state index in [-0.39, 0.29) is 5.91 Å². The van der Waals surface area contributed by atoms with Gasteiger partial charge in [-0.05, 0) is 38.0 Å². The lowest BCUT2D eigenvalue weighted by molar-refractivity contribution is -0.127. The predicted octanol–water partition coefficient (Wildman–Crippen LogP) is 3.55. The fourth-order valence-electron chi connectivity index (χ4n) is 3.27. The average Bonchev–Trinajstić information content (AvgIpc) is 3.15. The van der Waals surface area contributed by atoms with Crippen LogP contribution in [0.3, 0.4) is 0 Å². The SMILES string of the molecule is CCNC(=NCc1ccccc1Oc1ccccc1)NCCCN1CCCC1=O. The monoisotopic (exact) mass is 394 g/mol. The summed E-state index contributed by atoms with van der Waals surface area (Å²) >= 11 is 0. The first-order valence-corrected chi connectivity index (χ1v) is 10.4. The quantitative estimate of drug-likeness (QED) is 0.388. The average molecular weight is 395 g/mol. The zero-order chi connectivity index (χ0) is 20.3. The minimum Gasteiger partial charge on any atom is -0.457 e. The van der Waals surface area contributed by atoms with Gasteiger partial charge in [0.2, 0.25) is 5.91 Å². The van der Waals surface area contributed by atoms with E-state index in [1.165, 1.54) is 0 Å². The number of hydrogen-bond donors (Lipinski definition) is 2. The van der Waals surface area contributed by atoms with E-state index < -0.39 is 0 Å². The van der Waals surface area contributed by atoms with E-state index in [1.807, 2.05) is 66.4 Å². The number of para-hydroxylation sites is 2. The van der Waals surface area contributed by atoms with Gasteiger partial charge in [0.25, 0.3) is 0 Å². The summed E-state index contributed by atoms with van der Waals surface area (Å²) in [4.78, 5) is 18.3. The van der Waals surface area contributed by atoms with Gasteiger partial charge in [0.15, 0.2) is 5.96 Å². The molecule has 2 aromatic carbocycles. The summed E-state index contributed by atoms with van der Waals surface area (Å²) in [6.07, 6.45) is 2.59. The number of carbonyl (C=O) groups is 1. The van der Waals surface area contributed by atoms with Gasteiger partial charge >= 0.3 is 0 Å². The van der Waals surface area contributed by atoms with Crippen LogP contribution in [0.5, 0.6) is 11.5 Å². The second-order valence-electron chi connectivity index (χ2n) is 6.98. The van der Waals surface area contributed by atoms with Crippen molar-refractivity contribution in [3.63, 3.8) is 0 Å². The number of aliphatic imine (C=N–C) groups is 1. The second kappa shape index (κ2) is 11.1. The number of guanidine groups is 1.